The second-order valence-electron chi connectivity index (χ2n) is 4.08. The lowest BCUT2D eigenvalue weighted by atomic mass is 9.73. The fraction of sp³-hybridized carbons (Fsp3) is 0.636. The fourth-order valence-electron chi connectivity index (χ4n) is 1.94. The van der Waals surface area contributed by atoms with Crippen LogP contribution in [0.2, 0.25) is 0 Å². The van der Waals surface area contributed by atoms with Crippen LogP contribution < -0.4 is 0 Å². The molecule has 0 fully saturated rings. The quantitative estimate of drug-likeness (QED) is 0.594. The predicted octanol–water partition coefficient (Wildman–Crippen LogP) is 4.07. The lowest BCUT2D eigenvalue weighted by Crippen LogP contribution is -2.18. The van der Waals surface area contributed by atoms with Gasteiger partial charge in [0.15, 0.2) is 0 Å². The molecule has 0 aromatic rings. The van der Waals surface area contributed by atoms with Crippen LogP contribution in [0.4, 0.5) is 0 Å². The summed E-state index contributed by atoms with van der Waals surface area (Å²) in [5, 5.41) is 0.969. The summed E-state index contributed by atoms with van der Waals surface area (Å²) in [5.41, 5.74) is 3.36. The maximum atomic E-state index is 3.46. The Kier molecular flexibility index (Phi) is 3.16. The molecular formula is C11H17Br. The SMILES string of the molecule is CC1=CCCC(C)(C)/C1=C/CBr. The van der Waals surface area contributed by atoms with Gasteiger partial charge in [-0.25, -0.2) is 0 Å². The van der Waals surface area contributed by atoms with E-state index in [1.54, 1.807) is 0 Å². The molecule has 1 aliphatic rings. The summed E-state index contributed by atoms with van der Waals surface area (Å²) >= 11 is 3.46. The largest absolute Gasteiger partial charge is 0.0883 e. The van der Waals surface area contributed by atoms with Gasteiger partial charge >= 0.3 is 0 Å². The van der Waals surface area contributed by atoms with E-state index in [9.17, 15) is 0 Å². The number of halogens is 1. The first-order valence-corrected chi connectivity index (χ1v) is 5.64. The number of alkyl halides is 1. The lowest BCUT2D eigenvalue weighted by molar-refractivity contribution is 0.404. The molecule has 0 saturated heterocycles. The number of allylic oxidation sites excluding steroid dienone is 4. The van der Waals surface area contributed by atoms with Crippen molar-refractivity contribution in [1.29, 1.82) is 0 Å². The van der Waals surface area contributed by atoms with Gasteiger partial charge in [-0.15, -0.1) is 0 Å². The van der Waals surface area contributed by atoms with Gasteiger partial charge in [0.2, 0.25) is 0 Å². The molecular weight excluding hydrogens is 212 g/mol. The Morgan fingerprint density at radius 3 is 2.75 bits per heavy atom. The molecule has 1 heteroatoms. The van der Waals surface area contributed by atoms with Gasteiger partial charge in [-0.3, -0.25) is 0 Å². The van der Waals surface area contributed by atoms with Gasteiger partial charge in [-0.2, -0.15) is 0 Å². The number of hydrogen-bond acceptors (Lipinski definition) is 0. The molecule has 0 saturated carbocycles. The standard InChI is InChI=1S/C11H17Br/c1-9-5-4-7-11(2,3)10(9)6-8-12/h5-6H,4,7-8H2,1-3H3/b10-6+. The third-order valence-corrected chi connectivity index (χ3v) is 2.98. The van der Waals surface area contributed by atoms with E-state index in [0.29, 0.717) is 5.41 Å². The first-order valence-electron chi connectivity index (χ1n) is 4.51. The predicted molar refractivity (Wildman–Crippen MR) is 58.6 cm³/mol. The van der Waals surface area contributed by atoms with Crippen LogP contribution in [0, 0.1) is 5.41 Å². The minimum atomic E-state index is 0.382. The average Bonchev–Trinajstić information content (AvgIpc) is 1.97. The first-order chi connectivity index (χ1) is 5.58. The minimum absolute atomic E-state index is 0.382. The molecule has 1 aliphatic carbocycles. The smallest absolute Gasteiger partial charge is 0.0218 e. The highest BCUT2D eigenvalue weighted by Gasteiger charge is 2.25. The van der Waals surface area contributed by atoms with Crippen molar-refractivity contribution in [1.82, 2.24) is 0 Å². The van der Waals surface area contributed by atoms with Crippen LogP contribution in [0.1, 0.15) is 33.6 Å². The van der Waals surface area contributed by atoms with Crippen molar-refractivity contribution in [2.75, 3.05) is 5.33 Å². The molecule has 68 valence electrons. The minimum Gasteiger partial charge on any atom is -0.0883 e. The summed E-state index contributed by atoms with van der Waals surface area (Å²) in [5.74, 6) is 0. The van der Waals surface area contributed by atoms with Gasteiger partial charge in [0.05, 0.1) is 0 Å². The molecule has 0 radical (unpaired) electrons. The molecule has 0 unspecified atom stereocenters. The van der Waals surface area contributed by atoms with Crippen molar-refractivity contribution in [3.8, 4) is 0 Å². The highest BCUT2D eigenvalue weighted by Crippen LogP contribution is 2.40. The van der Waals surface area contributed by atoms with Crippen molar-refractivity contribution in [3.63, 3.8) is 0 Å². The third kappa shape index (κ3) is 2.01. The van der Waals surface area contributed by atoms with Gasteiger partial charge in [0, 0.05) is 5.33 Å². The fourth-order valence-corrected chi connectivity index (χ4v) is 2.27. The normalized spacial score (nSPS) is 25.7. The van der Waals surface area contributed by atoms with E-state index in [1.165, 1.54) is 24.0 Å². The van der Waals surface area contributed by atoms with Crippen molar-refractivity contribution in [2.24, 2.45) is 5.41 Å². The molecule has 0 spiro atoms. The highest BCUT2D eigenvalue weighted by atomic mass is 79.9. The van der Waals surface area contributed by atoms with E-state index >= 15 is 0 Å². The van der Waals surface area contributed by atoms with Gasteiger partial charge in [0.25, 0.3) is 0 Å². The van der Waals surface area contributed by atoms with Crippen molar-refractivity contribution >= 4 is 15.9 Å². The van der Waals surface area contributed by atoms with E-state index in [2.05, 4.69) is 48.9 Å². The molecule has 0 aliphatic heterocycles. The third-order valence-electron chi connectivity index (χ3n) is 2.66. The molecule has 0 atom stereocenters. The van der Waals surface area contributed by atoms with Crippen LogP contribution in [0.15, 0.2) is 23.3 Å². The highest BCUT2D eigenvalue weighted by molar-refractivity contribution is 9.09. The maximum Gasteiger partial charge on any atom is 0.0218 e. The van der Waals surface area contributed by atoms with E-state index in [1.807, 2.05) is 0 Å². The van der Waals surface area contributed by atoms with Crippen LogP contribution in [0.25, 0.3) is 0 Å². The van der Waals surface area contributed by atoms with Crippen LogP contribution in [0.3, 0.4) is 0 Å². The molecule has 0 aromatic heterocycles. The van der Waals surface area contributed by atoms with Crippen molar-refractivity contribution in [3.05, 3.63) is 23.3 Å². The van der Waals surface area contributed by atoms with Crippen molar-refractivity contribution in [2.45, 2.75) is 33.6 Å². The molecule has 0 nitrogen and oxygen atoms in total. The summed E-state index contributed by atoms with van der Waals surface area (Å²) in [4.78, 5) is 0. The molecule has 0 heterocycles. The Morgan fingerprint density at radius 2 is 2.25 bits per heavy atom. The molecule has 1 rings (SSSR count). The van der Waals surface area contributed by atoms with Crippen molar-refractivity contribution < 1.29 is 0 Å². The monoisotopic (exact) mass is 228 g/mol. The molecule has 0 amide bonds. The first kappa shape index (κ1) is 10.0. The van der Waals surface area contributed by atoms with Crippen LogP contribution in [-0.2, 0) is 0 Å². The van der Waals surface area contributed by atoms with Crippen LogP contribution in [-0.4, -0.2) is 5.33 Å². The van der Waals surface area contributed by atoms with Crippen LogP contribution in [0.5, 0.6) is 0 Å². The zero-order valence-corrected chi connectivity index (χ0v) is 9.74. The Morgan fingerprint density at radius 1 is 1.58 bits per heavy atom. The zero-order chi connectivity index (χ0) is 9.19. The topological polar surface area (TPSA) is 0 Å². The van der Waals surface area contributed by atoms with E-state index in [0.717, 1.165) is 5.33 Å². The Hall–Kier alpha value is -0.0400. The maximum absolute atomic E-state index is 3.46. The Labute approximate surface area is 83.9 Å². The van der Waals surface area contributed by atoms with Gasteiger partial charge in [-0.05, 0) is 30.8 Å². The lowest BCUT2D eigenvalue weighted by Gasteiger charge is -2.32. The number of hydrogen-bond donors (Lipinski definition) is 0. The second-order valence-corrected chi connectivity index (χ2v) is 4.73. The average molecular weight is 229 g/mol. The summed E-state index contributed by atoms with van der Waals surface area (Å²) in [7, 11) is 0. The second kappa shape index (κ2) is 3.78. The molecule has 0 aromatic carbocycles. The summed E-state index contributed by atoms with van der Waals surface area (Å²) in [6.07, 6.45) is 7.16. The molecule has 0 bridgehead atoms. The van der Waals surface area contributed by atoms with E-state index < -0.39 is 0 Å². The van der Waals surface area contributed by atoms with Gasteiger partial charge < -0.3 is 0 Å². The summed E-state index contributed by atoms with van der Waals surface area (Å²) < 4.78 is 0. The zero-order valence-electron chi connectivity index (χ0n) is 8.15. The van der Waals surface area contributed by atoms with E-state index in [-0.39, 0.29) is 0 Å². The van der Waals surface area contributed by atoms with Gasteiger partial charge in [0.1, 0.15) is 0 Å². The Bertz CT molecular complexity index is 221. The molecule has 0 N–H and O–H groups in total. The Balaban J connectivity index is 2.97. The summed E-state index contributed by atoms with van der Waals surface area (Å²) in [6, 6.07) is 0. The van der Waals surface area contributed by atoms with Gasteiger partial charge in [-0.1, -0.05) is 47.5 Å². The van der Waals surface area contributed by atoms with Crippen LogP contribution >= 0.6 is 15.9 Å². The summed E-state index contributed by atoms with van der Waals surface area (Å²) in [6.45, 7) is 6.88. The number of rotatable bonds is 1. The van der Waals surface area contributed by atoms with E-state index in [4.69, 9.17) is 0 Å². The molecule has 12 heavy (non-hydrogen) atoms.